The lowest BCUT2D eigenvalue weighted by Crippen LogP contribution is -1.96. The Hall–Kier alpha value is -4.24. The molecule has 1 heterocycles. The fraction of sp³-hybridized carbons (Fsp3) is 0. The molecule has 0 bridgehead atoms. The van der Waals surface area contributed by atoms with Crippen LogP contribution in [0.5, 0.6) is 0 Å². The summed E-state index contributed by atoms with van der Waals surface area (Å²) < 4.78 is 15.8. The van der Waals surface area contributed by atoms with Gasteiger partial charge in [0.2, 0.25) is 0 Å². The summed E-state index contributed by atoms with van der Waals surface area (Å²) in [4.78, 5) is 0. The van der Waals surface area contributed by atoms with E-state index < -0.39 is 0 Å². The summed E-state index contributed by atoms with van der Waals surface area (Å²) in [6.07, 6.45) is 0. The lowest BCUT2D eigenvalue weighted by atomic mass is 9.92. The number of para-hydroxylation sites is 1. The fourth-order valence-corrected chi connectivity index (χ4v) is 4.42. The molecule has 152 valence electrons. The molecule has 6 rings (SSSR count). The Balaban J connectivity index is 1.81. The quantitative estimate of drug-likeness (QED) is 0.291. The van der Waals surface area contributed by atoms with Gasteiger partial charge < -0.3 is 0 Å². The molecule has 1 aromatic heterocycles. The van der Waals surface area contributed by atoms with Gasteiger partial charge in [-0.15, -0.1) is 0 Å². The molecule has 6 aromatic rings. The summed E-state index contributed by atoms with van der Waals surface area (Å²) in [5.74, 6) is -0.242. The van der Waals surface area contributed by atoms with Crippen LogP contribution in [0.2, 0.25) is 0 Å². The predicted molar refractivity (Wildman–Crippen MR) is 129 cm³/mol. The van der Waals surface area contributed by atoms with E-state index in [2.05, 4.69) is 42.5 Å². The van der Waals surface area contributed by atoms with Crippen molar-refractivity contribution >= 4 is 21.7 Å². The highest BCUT2D eigenvalue weighted by molar-refractivity contribution is 6.16. The number of rotatable bonds is 3. The SMILES string of the molecule is Fc1ccc(-c2c3ccccc3cc3c2c(-c2ccccc2)nn3-c2ccccc2)cc1. The first kappa shape index (κ1) is 18.5. The van der Waals surface area contributed by atoms with Gasteiger partial charge in [0.05, 0.1) is 11.2 Å². The Bertz CT molecular complexity index is 1550. The van der Waals surface area contributed by atoms with Gasteiger partial charge in [-0.05, 0) is 46.7 Å². The van der Waals surface area contributed by atoms with Gasteiger partial charge in [-0.2, -0.15) is 5.10 Å². The van der Waals surface area contributed by atoms with Gasteiger partial charge in [0.15, 0.2) is 0 Å². The van der Waals surface area contributed by atoms with Crippen molar-refractivity contribution in [3.05, 3.63) is 121 Å². The molecule has 0 N–H and O–H groups in total. The minimum atomic E-state index is -0.242. The second-order valence-corrected chi connectivity index (χ2v) is 7.84. The second-order valence-electron chi connectivity index (χ2n) is 7.84. The highest BCUT2D eigenvalue weighted by Crippen LogP contribution is 2.42. The molecule has 0 unspecified atom stereocenters. The lowest BCUT2D eigenvalue weighted by Gasteiger charge is -2.12. The normalized spacial score (nSPS) is 11.3. The monoisotopic (exact) mass is 414 g/mol. The van der Waals surface area contributed by atoms with Gasteiger partial charge in [-0.1, -0.05) is 84.9 Å². The molecular formula is C29H19FN2. The molecule has 0 amide bonds. The topological polar surface area (TPSA) is 17.8 Å². The van der Waals surface area contributed by atoms with Crippen LogP contribution >= 0.6 is 0 Å². The van der Waals surface area contributed by atoms with E-state index in [0.717, 1.165) is 49.7 Å². The maximum absolute atomic E-state index is 13.8. The molecule has 0 radical (unpaired) electrons. The van der Waals surface area contributed by atoms with Crippen LogP contribution in [-0.2, 0) is 0 Å². The van der Waals surface area contributed by atoms with Crippen LogP contribution in [0, 0.1) is 5.82 Å². The fourth-order valence-electron chi connectivity index (χ4n) is 4.42. The van der Waals surface area contributed by atoms with Crippen molar-refractivity contribution in [3.63, 3.8) is 0 Å². The average molecular weight is 414 g/mol. The first-order valence-electron chi connectivity index (χ1n) is 10.6. The lowest BCUT2D eigenvalue weighted by molar-refractivity contribution is 0.628. The molecular weight excluding hydrogens is 395 g/mol. The summed E-state index contributed by atoms with van der Waals surface area (Å²) in [6.45, 7) is 0. The van der Waals surface area contributed by atoms with Crippen LogP contribution in [0.4, 0.5) is 4.39 Å². The van der Waals surface area contributed by atoms with Crippen molar-refractivity contribution in [2.24, 2.45) is 0 Å². The Labute approximate surface area is 185 Å². The standard InChI is InChI=1S/C29H19FN2/c30-23-17-15-20(16-18-23)27-25-14-8-7-11-22(25)19-26-28(27)29(21-9-3-1-4-10-21)31-32(26)24-12-5-2-6-13-24/h1-19H. The molecule has 32 heavy (non-hydrogen) atoms. The van der Waals surface area contributed by atoms with E-state index >= 15 is 0 Å². The first-order valence-corrected chi connectivity index (χ1v) is 10.6. The van der Waals surface area contributed by atoms with E-state index in [9.17, 15) is 4.39 Å². The van der Waals surface area contributed by atoms with Crippen molar-refractivity contribution < 1.29 is 4.39 Å². The van der Waals surface area contributed by atoms with Crippen molar-refractivity contribution in [1.29, 1.82) is 0 Å². The molecule has 2 nitrogen and oxygen atoms in total. The summed E-state index contributed by atoms with van der Waals surface area (Å²) in [6, 6.07) is 37.7. The van der Waals surface area contributed by atoms with Crippen LogP contribution in [0.3, 0.4) is 0 Å². The second kappa shape index (κ2) is 7.47. The number of fused-ring (bicyclic) bond motifs is 2. The molecule has 0 aliphatic rings. The van der Waals surface area contributed by atoms with Crippen molar-refractivity contribution in [2.75, 3.05) is 0 Å². The first-order chi connectivity index (χ1) is 15.8. The van der Waals surface area contributed by atoms with E-state index in [1.54, 1.807) is 0 Å². The zero-order valence-electron chi connectivity index (χ0n) is 17.2. The van der Waals surface area contributed by atoms with Crippen molar-refractivity contribution in [3.8, 4) is 28.1 Å². The van der Waals surface area contributed by atoms with E-state index in [1.807, 2.05) is 65.3 Å². The molecule has 0 saturated heterocycles. The van der Waals surface area contributed by atoms with Crippen LogP contribution in [0.25, 0.3) is 49.7 Å². The Kier molecular flexibility index (Phi) is 4.32. The van der Waals surface area contributed by atoms with Gasteiger partial charge in [0.25, 0.3) is 0 Å². The van der Waals surface area contributed by atoms with Gasteiger partial charge in [-0.3, -0.25) is 0 Å². The molecule has 0 atom stereocenters. The molecule has 3 heteroatoms. The van der Waals surface area contributed by atoms with Crippen molar-refractivity contribution in [2.45, 2.75) is 0 Å². The molecule has 0 aliphatic heterocycles. The minimum Gasteiger partial charge on any atom is -0.232 e. The zero-order valence-corrected chi connectivity index (χ0v) is 17.2. The molecule has 5 aromatic carbocycles. The smallest absolute Gasteiger partial charge is 0.123 e. The van der Waals surface area contributed by atoms with Crippen molar-refractivity contribution in [1.82, 2.24) is 9.78 Å². The van der Waals surface area contributed by atoms with Gasteiger partial charge in [0.1, 0.15) is 11.5 Å². The average Bonchev–Trinajstić information content (AvgIpc) is 3.23. The number of nitrogens with zero attached hydrogens (tertiary/aromatic N) is 2. The van der Waals surface area contributed by atoms with Gasteiger partial charge in [-0.25, -0.2) is 9.07 Å². The highest BCUT2D eigenvalue weighted by atomic mass is 19.1. The highest BCUT2D eigenvalue weighted by Gasteiger charge is 2.20. The largest absolute Gasteiger partial charge is 0.232 e. The zero-order chi connectivity index (χ0) is 21.5. The number of benzene rings is 5. The number of hydrogen-bond acceptors (Lipinski definition) is 1. The Morgan fingerprint density at radius 3 is 2.03 bits per heavy atom. The van der Waals surface area contributed by atoms with E-state index in [0.29, 0.717) is 0 Å². The van der Waals surface area contributed by atoms with E-state index in [-0.39, 0.29) is 5.82 Å². The van der Waals surface area contributed by atoms with E-state index in [4.69, 9.17) is 5.10 Å². The van der Waals surface area contributed by atoms with Gasteiger partial charge >= 0.3 is 0 Å². The maximum atomic E-state index is 13.8. The Morgan fingerprint density at radius 2 is 1.28 bits per heavy atom. The van der Waals surface area contributed by atoms with E-state index in [1.165, 1.54) is 12.1 Å². The molecule has 0 fully saturated rings. The summed E-state index contributed by atoms with van der Waals surface area (Å²) in [5, 5.41) is 8.40. The molecule has 0 spiro atoms. The maximum Gasteiger partial charge on any atom is 0.123 e. The summed E-state index contributed by atoms with van der Waals surface area (Å²) in [5.41, 5.74) is 6.02. The van der Waals surface area contributed by atoms with Crippen LogP contribution in [0.15, 0.2) is 115 Å². The van der Waals surface area contributed by atoms with Crippen LogP contribution in [-0.4, -0.2) is 9.78 Å². The van der Waals surface area contributed by atoms with Crippen LogP contribution < -0.4 is 0 Å². The predicted octanol–water partition coefficient (Wildman–Crippen LogP) is 7.65. The number of hydrogen-bond donors (Lipinski definition) is 0. The molecule has 0 aliphatic carbocycles. The summed E-state index contributed by atoms with van der Waals surface area (Å²) >= 11 is 0. The minimum absolute atomic E-state index is 0.242. The Morgan fingerprint density at radius 1 is 0.625 bits per heavy atom. The summed E-state index contributed by atoms with van der Waals surface area (Å²) in [7, 11) is 0. The third-order valence-corrected chi connectivity index (χ3v) is 5.87. The number of halogens is 1. The number of aromatic nitrogens is 2. The third-order valence-electron chi connectivity index (χ3n) is 5.87. The molecule has 0 saturated carbocycles. The van der Waals surface area contributed by atoms with Crippen LogP contribution in [0.1, 0.15) is 0 Å². The van der Waals surface area contributed by atoms with Gasteiger partial charge in [0, 0.05) is 16.5 Å². The third kappa shape index (κ3) is 2.98.